The van der Waals surface area contributed by atoms with Gasteiger partial charge in [-0.2, -0.15) is 0 Å². The maximum atomic E-state index is 5.88. The Morgan fingerprint density at radius 3 is 2.40 bits per heavy atom. The van der Waals surface area contributed by atoms with Crippen molar-refractivity contribution in [2.75, 3.05) is 6.54 Å². The van der Waals surface area contributed by atoms with Crippen LogP contribution in [0.3, 0.4) is 0 Å². The van der Waals surface area contributed by atoms with Gasteiger partial charge in [-0.1, -0.05) is 41.3 Å². The molecule has 1 aromatic rings. The third-order valence-electron chi connectivity index (χ3n) is 5.13. The molecule has 1 saturated carbocycles. The second-order valence-corrected chi connectivity index (χ2v) is 7.48. The van der Waals surface area contributed by atoms with E-state index in [1.807, 2.05) is 0 Å². The number of nitrogens with two attached hydrogens (primary N) is 1. The van der Waals surface area contributed by atoms with Crippen molar-refractivity contribution in [2.45, 2.75) is 65.2 Å². The summed E-state index contributed by atoms with van der Waals surface area (Å²) >= 11 is 3.63. The molecule has 20 heavy (non-hydrogen) atoms. The SMILES string of the molecule is Cc1cc(CCC2(CCN)CCCCC2)c(C)cc1Br. The number of rotatable bonds is 5. The quantitative estimate of drug-likeness (QED) is 0.775. The van der Waals surface area contributed by atoms with Gasteiger partial charge in [0.25, 0.3) is 0 Å². The van der Waals surface area contributed by atoms with Crippen LogP contribution in [0.1, 0.15) is 61.6 Å². The molecule has 0 amide bonds. The predicted molar refractivity (Wildman–Crippen MR) is 91.1 cm³/mol. The van der Waals surface area contributed by atoms with E-state index in [9.17, 15) is 0 Å². The Kier molecular flexibility index (Phi) is 5.68. The van der Waals surface area contributed by atoms with Crippen LogP contribution < -0.4 is 5.73 Å². The molecule has 1 aliphatic rings. The summed E-state index contributed by atoms with van der Waals surface area (Å²) in [5.74, 6) is 0. The Morgan fingerprint density at radius 1 is 1.05 bits per heavy atom. The van der Waals surface area contributed by atoms with Gasteiger partial charge in [0.15, 0.2) is 0 Å². The van der Waals surface area contributed by atoms with Gasteiger partial charge in [-0.25, -0.2) is 0 Å². The lowest BCUT2D eigenvalue weighted by molar-refractivity contribution is 0.161. The lowest BCUT2D eigenvalue weighted by Gasteiger charge is -2.37. The maximum Gasteiger partial charge on any atom is 0.0207 e. The summed E-state index contributed by atoms with van der Waals surface area (Å²) in [6, 6.07) is 4.62. The molecule has 0 aromatic heterocycles. The summed E-state index contributed by atoms with van der Waals surface area (Å²) in [4.78, 5) is 0. The summed E-state index contributed by atoms with van der Waals surface area (Å²) in [6.45, 7) is 5.26. The normalized spacial score (nSPS) is 18.2. The fraction of sp³-hybridized carbons (Fsp3) is 0.667. The first-order chi connectivity index (χ1) is 9.56. The van der Waals surface area contributed by atoms with Crippen molar-refractivity contribution in [3.63, 3.8) is 0 Å². The molecule has 2 heteroatoms. The number of hydrogen-bond acceptors (Lipinski definition) is 1. The van der Waals surface area contributed by atoms with Gasteiger partial charge in [-0.05, 0) is 80.7 Å². The molecule has 0 heterocycles. The van der Waals surface area contributed by atoms with E-state index in [1.165, 1.54) is 72.5 Å². The van der Waals surface area contributed by atoms with E-state index in [2.05, 4.69) is 41.9 Å². The van der Waals surface area contributed by atoms with Gasteiger partial charge >= 0.3 is 0 Å². The van der Waals surface area contributed by atoms with Gasteiger partial charge in [0.05, 0.1) is 0 Å². The molecule has 2 rings (SSSR count). The van der Waals surface area contributed by atoms with Crippen LogP contribution in [0.25, 0.3) is 0 Å². The topological polar surface area (TPSA) is 26.0 Å². The molecule has 1 nitrogen and oxygen atoms in total. The molecule has 0 atom stereocenters. The van der Waals surface area contributed by atoms with Crippen LogP contribution in [-0.4, -0.2) is 6.54 Å². The van der Waals surface area contributed by atoms with Gasteiger partial charge in [0, 0.05) is 4.47 Å². The Labute approximate surface area is 132 Å². The van der Waals surface area contributed by atoms with E-state index in [1.54, 1.807) is 0 Å². The Morgan fingerprint density at radius 2 is 1.75 bits per heavy atom. The zero-order chi connectivity index (χ0) is 14.6. The van der Waals surface area contributed by atoms with E-state index in [4.69, 9.17) is 5.73 Å². The lowest BCUT2D eigenvalue weighted by Crippen LogP contribution is -2.28. The van der Waals surface area contributed by atoms with Crippen molar-refractivity contribution in [3.05, 3.63) is 33.3 Å². The molecular weight excluding hydrogens is 310 g/mol. The van der Waals surface area contributed by atoms with E-state index >= 15 is 0 Å². The van der Waals surface area contributed by atoms with Gasteiger partial charge in [0.2, 0.25) is 0 Å². The third-order valence-corrected chi connectivity index (χ3v) is 5.99. The minimum atomic E-state index is 0.528. The third kappa shape index (κ3) is 3.85. The molecule has 0 saturated heterocycles. The maximum absolute atomic E-state index is 5.88. The molecule has 0 bridgehead atoms. The lowest BCUT2D eigenvalue weighted by atomic mass is 9.68. The summed E-state index contributed by atoms with van der Waals surface area (Å²) in [5, 5.41) is 0. The van der Waals surface area contributed by atoms with Gasteiger partial charge in [-0.15, -0.1) is 0 Å². The standard InChI is InChI=1S/C18H28BrN/c1-14-13-17(19)15(2)12-16(14)6-9-18(10-11-20)7-4-3-5-8-18/h12-13H,3-11,20H2,1-2H3. The zero-order valence-electron chi connectivity index (χ0n) is 13.0. The molecule has 1 aliphatic carbocycles. The highest BCUT2D eigenvalue weighted by Gasteiger charge is 2.30. The van der Waals surface area contributed by atoms with Crippen molar-refractivity contribution >= 4 is 15.9 Å². The fourth-order valence-electron chi connectivity index (χ4n) is 3.74. The Balaban J connectivity index is 2.07. The van der Waals surface area contributed by atoms with Crippen molar-refractivity contribution < 1.29 is 0 Å². The molecular formula is C18H28BrN. The van der Waals surface area contributed by atoms with Crippen molar-refractivity contribution in [3.8, 4) is 0 Å². The molecule has 0 radical (unpaired) electrons. The summed E-state index contributed by atoms with van der Waals surface area (Å²) < 4.78 is 1.23. The van der Waals surface area contributed by atoms with Gasteiger partial charge in [-0.3, -0.25) is 0 Å². The van der Waals surface area contributed by atoms with Crippen molar-refractivity contribution in [1.82, 2.24) is 0 Å². The second-order valence-electron chi connectivity index (χ2n) is 6.63. The Bertz CT molecular complexity index is 441. The zero-order valence-corrected chi connectivity index (χ0v) is 14.6. The first-order valence-corrected chi connectivity index (χ1v) is 8.81. The monoisotopic (exact) mass is 337 g/mol. The van der Waals surface area contributed by atoms with Crippen LogP contribution in [-0.2, 0) is 6.42 Å². The number of aryl methyl sites for hydroxylation is 3. The van der Waals surface area contributed by atoms with E-state index < -0.39 is 0 Å². The highest BCUT2D eigenvalue weighted by Crippen LogP contribution is 2.43. The second kappa shape index (κ2) is 7.09. The van der Waals surface area contributed by atoms with Crippen LogP contribution in [0.4, 0.5) is 0 Å². The average molecular weight is 338 g/mol. The summed E-state index contributed by atoms with van der Waals surface area (Å²) in [7, 11) is 0. The molecule has 1 aromatic carbocycles. The molecule has 0 spiro atoms. The highest BCUT2D eigenvalue weighted by atomic mass is 79.9. The molecule has 2 N–H and O–H groups in total. The molecule has 112 valence electrons. The summed E-state index contributed by atoms with van der Waals surface area (Å²) in [6.07, 6.45) is 10.7. The van der Waals surface area contributed by atoms with Crippen molar-refractivity contribution in [2.24, 2.45) is 11.1 Å². The van der Waals surface area contributed by atoms with Crippen LogP contribution in [0.5, 0.6) is 0 Å². The largest absolute Gasteiger partial charge is 0.330 e. The average Bonchev–Trinajstić information content (AvgIpc) is 2.43. The van der Waals surface area contributed by atoms with Crippen LogP contribution in [0.15, 0.2) is 16.6 Å². The highest BCUT2D eigenvalue weighted by molar-refractivity contribution is 9.10. The van der Waals surface area contributed by atoms with Crippen LogP contribution in [0, 0.1) is 19.3 Å². The Hall–Kier alpha value is -0.340. The first-order valence-electron chi connectivity index (χ1n) is 8.02. The predicted octanol–water partition coefficient (Wildman–Crippen LogP) is 5.30. The number of hydrogen-bond donors (Lipinski definition) is 1. The molecule has 0 aliphatic heterocycles. The molecule has 0 unspecified atom stereocenters. The summed E-state index contributed by atoms with van der Waals surface area (Å²) in [5.41, 5.74) is 10.7. The van der Waals surface area contributed by atoms with E-state index in [0.29, 0.717) is 5.41 Å². The van der Waals surface area contributed by atoms with Crippen LogP contribution >= 0.6 is 15.9 Å². The van der Waals surface area contributed by atoms with Gasteiger partial charge in [0.1, 0.15) is 0 Å². The van der Waals surface area contributed by atoms with Gasteiger partial charge < -0.3 is 5.73 Å². The van der Waals surface area contributed by atoms with E-state index in [0.717, 1.165) is 6.54 Å². The van der Waals surface area contributed by atoms with Crippen molar-refractivity contribution in [1.29, 1.82) is 0 Å². The number of halogens is 1. The number of benzene rings is 1. The smallest absolute Gasteiger partial charge is 0.0207 e. The first kappa shape index (κ1) is 16.0. The molecule has 1 fully saturated rings. The minimum absolute atomic E-state index is 0.528. The van der Waals surface area contributed by atoms with E-state index in [-0.39, 0.29) is 0 Å². The minimum Gasteiger partial charge on any atom is -0.330 e. The van der Waals surface area contributed by atoms with Crippen LogP contribution in [0.2, 0.25) is 0 Å². The fourth-order valence-corrected chi connectivity index (χ4v) is 4.20.